The highest BCUT2D eigenvalue weighted by molar-refractivity contribution is 5.99. The van der Waals surface area contributed by atoms with Crippen molar-refractivity contribution in [2.24, 2.45) is 0 Å². The Kier molecular flexibility index (Phi) is 7.64. The summed E-state index contributed by atoms with van der Waals surface area (Å²) in [5.74, 6) is -1.21. The normalized spacial score (nSPS) is 20.6. The van der Waals surface area contributed by atoms with Gasteiger partial charge >= 0.3 is 5.97 Å². The molecule has 2 aromatic carbocycles. The predicted octanol–water partition coefficient (Wildman–Crippen LogP) is 1.86. The van der Waals surface area contributed by atoms with Crippen LogP contribution in [0.25, 0.3) is 0 Å². The van der Waals surface area contributed by atoms with Gasteiger partial charge in [-0.15, -0.1) is 0 Å². The van der Waals surface area contributed by atoms with Crippen molar-refractivity contribution in [1.29, 1.82) is 0 Å². The molecule has 2 saturated heterocycles. The summed E-state index contributed by atoms with van der Waals surface area (Å²) in [5, 5.41) is 2.68. The van der Waals surface area contributed by atoms with Crippen molar-refractivity contribution in [3.05, 3.63) is 66.2 Å². The standard InChI is InChI=1S/C26H29N3O6/c1-2-3-14-22(31)28-15-20-23(27-21(30)17-34-19-12-8-5-9-13-19)25(32)29(20)24(28)26(33)35-16-18-10-6-4-7-11-18/h4-13,20,23-24H,2-3,14-17H2,1H3,(H,27,30)/t20?,23-,24?/m1/s1. The van der Waals surface area contributed by atoms with Gasteiger partial charge in [-0.2, -0.15) is 0 Å². The Bertz CT molecular complexity index is 1060. The molecule has 9 heteroatoms. The molecule has 9 nitrogen and oxygen atoms in total. The lowest BCUT2D eigenvalue weighted by molar-refractivity contribution is -0.170. The molecule has 2 aliphatic rings. The van der Waals surface area contributed by atoms with Crippen LogP contribution in [0.3, 0.4) is 0 Å². The fourth-order valence-corrected chi connectivity index (χ4v) is 4.31. The lowest BCUT2D eigenvalue weighted by Crippen LogP contribution is -2.71. The number of hydrogen-bond donors (Lipinski definition) is 1. The minimum atomic E-state index is -1.13. The van der Waals surface area contributed by atoms with Crippen LogP contribution in [-0.2, 0) is 30.5 Å². The first-order valence-electron chi connectivity index (χ1n) is 11.8. The fraction of sp³-hybridized carbons (Fsp3) is 0.385. The molecule has 0 spiro atoms. The molecule has 0 aliphatic carbocycles. The highest BCUT2D eigenvalue weighted by Gasteiger charge is 2.61. The second-order valence-corrected chi connectivity index (χ2v) is 8.58. The monoisotopic (exact) mass is 479 g/mol. The topological polar surface area (TPSA) is 105 Å². The molecule has 0 radical (unpaired) electrons. The molecule has 0 aromatic heterocycles. The SMILES string of the molecule is CCCCC(=O)N1CC2[C@@H](NC(=O)COc3ccccc3)C(=O)N2C1C(=O)OCc1ccccc1. The van der Waals surface area contributed by atoms with Gasteiger partial charge in [-0.25, -0.2) is 4.79 Å². The second-order valence-electron chi connectivity index (χ2n) is 8.58. The third-order valence-corrected chi connectivity index (χ3v) is 6.13. The molecule has 0 bridgehead atoms. The predicted molar refractivity (Wildman–Crippen MR) is 126 cm³/mol. The van der Waals surface area contributed by atoms with Gasteiger partial charge < -0.3 is 24.6 Å². The van der Waals surface area contributed by atoms with E-state index in [9.17, 15) is 19.2 Å². The van der Waals surface area contributed by atoms with Gasteiger partial charge in [0.25, 0.3) is 5.91 Å². The van der Waals surface area contributed by atoms with Crippen molar-refractivity contribution < 1.29 is 28.7 Å². The van der Waals surface area contributed by atoms with Crippen molar-refractivity contribution in [2.75, 3.05) is 13.2 Å². The number of ether oxygens (including phenoxy) is 2. The van der Waals surface area contributed by atoms with Crippen LogP contribution < -0.4 is 10.1 Å². The number of nitrogens with one attached hydrogen (secondary N) is 1. The van der Waals surface area contributed by atoms with Crippen molar-refractivity contribution >= 4 is 23.7 Å². The zero-order chi connectivity index (χ0) is 24.8. The van der Waals surface area contributed by atoms with Gasteiger partial charge in [-0.3, -0.25) is 14.4 Å². The molecule has 2 aliphatic heterocycles. The first kappa shape index (κ1) is 24.3. The van der Waals surface area contributed by atoms with E-state index in [0.717, 1.165) is 12.0 Å². The third kappa shape index (κ3) is 5.45. The number of nitrogens with zero attached hydrogens (tertiary/aromatic N) is 2. The number of amides is 3. The quantitative estimate of drug-likeness (QED) is 0.412. The average molecular weight is 480 g/mol. The number of β-lactam (4-membered cyclic amide) rings is 1. The van der Waals surface area contributed by atoms with Gasteiger partial charge in [0, 0.05) is 13.0 Å². The Labute approximate surface area is 204 Å². The zero-order valence-corrected chi connectivity index (χ0v) is 19.6. The first-order chi connectivity index (χ1) is 17.0. The van der Waals surface area contributed by atoms with Crippen LogP contribution >= 0.6 is 0 Å². The number of rotatable bonds is 10. The van der Waals surface area contributed by atoms with E-state index in [2.05, 4.69) is 5.32 Å². The number of esters is 1. The number of hydrogen-bond acceptors (Lipinski definition) is 6. The first-order valence-corrected chi connectivity index (χ1v) is 11.8. The van der Waals surface area contributed by atoms with Crippen molar-refractivity contribution in [1.82, 2.24) is 15.1 Å². The van der Waals surface area contributed by atoms with Crippen LogP contribution in [0.5, 0.6) is 5.75 Å². The Balaban J connectivity index is 1.40. The van der Waals surface area contributed by atoms with Crippen LogP contribution in [0.4, 0.5) is 0 Å². The molecule has 1 N–H and O–H groups in total. The summed E-state index contributed by atoms with van der Waals surface area (Å²) in [6.45, 7) is 1.92. The Hall–Kier alpha value is -3.88. The second kappa shape index (κ2) is 11.0. The number of unbranched alkanes of at least 4 members (excludes halogenated alkanes) is 1. The summed E-state index contributed by atoms with van der Waals surface area (Å²) in [4.78, 5) is 54.0. The van der Waals surface area contributed by atoms with E-state index >= 15 is 0 Å². The molecule has 3 atom stereocenters. The molecule has 0 saturated carbocycles. The highest BCUT2D eigenvalue weighted by Crippen LogP contribution is 2.34. The van der Waals surface area contributed by atoms with Crippen molar-refractivity contribution in [3.63, 3.8) is 0 Å². The summed E-state index contributed by atoms with van der Waals surface area (Å²) in [6.07, 6.45) is 0.649. The van der Waals surface area contributed by atoms with E-state index in [0.29, 0.717) is 12.2 Å². The van der Waals surface area contributed by atoms with Crippen LogP contribution in [-0.4, -0.2) is 64.9 Å². The minimum Gasteiger partial charge on any atom is -0.484 e. The van der Waals surface area contributed by atoms with Gasteiger partial charge in [-0.1, -0.05) is 61.9 Å². The Morgan fingerprint density at radius 3 is 2.40 bits per heavy atom. The zero-order valence-electron chi connectivity index (χ0n) is 19.6. The highest BCUT2D eigenvalue weighted by atomic mass is 16.5. The fourth-order valence-electron chi connectivity index (χ4n) is 4.31. The molecular formula is C26H29N3O6. The van der Waals surface area contributed by atoms with Gasteiger partial charge in [0.2, 0.25) is 18.0 Å². The summed E-state index contributed by atoms with van der Waals surface area (Å²) < 4.78 is 10.9. The molecule has 2 aromatic rings. The van der Waals surface area contributed by atoms with Crippen LogP contribution in [0.15, 0.2) is 60.7 Å². The van der Waals surface area contributed by atoms with Gasteiger partial charge in [0.05, 0.1) is 6.04 Å². The molecule has 4 rings (SSSR count). The molecule has 2 heterocycles. The maximum atomic E-state index is 13.0. The molecule has 184 valence electrons. The van der Waals surface area contributed by atoms with Crippen LogP contribution in [0.2, 0.25) is 0 Å². The summed E-state index contributed by atoms with van der Waals surface area (Å²) in [5.41, 5.74) is 0.803. The van der Waals surface area contributed by atoms with Crippen LogP contribution in [0, 0.1) is 0 Å². The van der Waals surface area contributed by atoms with Crippen molar-refractivity contribution in [2.45, 2.75) is 51.0 Å². The maximum absolute atomic E-state index is 13.0. The van der Waals surface area contributed by atoms with Crippen LogP contribution in [0.1, 0.15) is 31.7 Å². The van der Waals surface area contributed by atoms with Gasteiger partial charge in [0.1, 0.15) is 18.4 Å². The summed E-state index contributed by atoms with van der Waals surface area (Å²) >= 11 is 0. The molecule has 35 heavy (non-hydrogen) atoms. The summed E-state index contributed by atoms with van der Waals surface area (Å²) in [6, 6.07) is 16.7. The van der Waals surface area contributed by atoms with E-state index < -0.39 is 36.0 Å². The number of fused-ring (bicyclic) bond motifs is 1. The number of carbonyl (C=O) groups is 4. The molecular weight excluding hydrogens is 450 g/mol. The summed E-state index contributed by atoms with van der Waals surface area (Å²) in [7, 11) is 0. The number of carbonyl (C=O) groups excluding carboxylic acids is 4. The maximum Gasteiger partial charge on any atom is 0.350 e. The largest absolute Gasteiger partial charge is 0.484 e. The van der Waals surface area contributed by atoms with E-state index in [-0.39, 0.29) is 32.1 Å². The Morgan fingerprint density at radius 2 is 1.71 bits per heavy atom. The Morgan fingerprint density at radius 1 is 1.03 bits per heavy atom. The van der Waals surface area contributed by atoms with E-state index in [4.69, 9.17) is 9.47 Å². The lowest BCUT2D eigenvalue weighted by atomic mass is 9.96. The minimum absolute atomic E-state index is 0.0385. The van der Waals surface area contributed by atoms with Gasteiger partial charge in [-0.05, 0) is 24.1 Å². The van der Waals surface area contributed by atoms with Crippen molar-refractivity contribution in [3.8, 4) is 5.75 Å². The van der Waals surface area contributed by atoms with E-state index in [1.807, 2.05) is 43.3 Å². The number of para-hydroxylation sites is 1. The lowest BCUT2D eigenvalue weighted by Gasteiger charge is -2.43. The van der Waals surface area contributed by atoms with Gasteiger partial charge in [0.15, 0.2) is 6.61 Å². The number of benzene rings is 2. The molecule has 2 unspecified atom stereocenters. The van der Waals surface area contributed by atoms with E-state index in [1.165, 1.54) is 9.80 Å². The molecule has 2 fully saturated rings. The average Bonchev–Trinajstić information content (AvgIpc) is 3.25. The van der Waals surface area contributed by atoms with E-state index in [1.54, 1.807) is 24.3 Å². The third-order valence-electron chi connectivity index (χ3n) is 6.13. The molecule has 3 amide bonds. The smallest absolute Gasteiger partial charge is 0.350 e.